The third-order valence-corrected chi connectivity index (χ3v) is 2.66. The second-order valence-electron chi connectivity index (χ2n) is 4.91. The second kappa shape index (κ2) is 6.33. The molecule has 0 aliphatic carbocycles. The zero-order valence-electron chi connectivity index (χ0n) is 12.1. The summed E-state index contributed by atoms with van der Waals surface area (Å²) in [6, 6.07) is 1.72. The first-order valence-electron chi connectivity index (χ1n) is 6.12. The number of aromatic nitrogens is 2. The first-order chi connectivity index (χ1) is 8.85. The minimum atomic E-state index is 0.00877. The summed E-state index contributed by atoms with van der Waals surface area (Å²) in [6.07, 6.45) is 0. The molecule has 0 spiro atoms. The fourth-order valence-corrected chi connectivity index (χ4v) is 1.41. The highest BCUT2D eigenvalue weighted by Crippen LogP contribution is 2.18. The van der Waals surface area contributed by atoms with Gasteiger partial charge in [0, 0.05) is 33.1 Å². The van der Waals surface area contributed by atoms with Crippen molar-refractivity contribution in [3.63, 3.8) is 0 Å². The maximum atomic E-state index is 11.7. The molecule has 0 radical (unpaired) electrons. The lowest BCUT2D eigenvalue weighted by Crippen LogP contribution is -2.35. The molecule has 1 rings (SSSR count). The van der Waals surface area contributed by atoms with E-state index in [-0.39, 0.29) is 18.4 Å². The van der Waals surface area contributed by atoms with Crippen LogP contribution in [-0.2, 0) is 4.79 Å². The number of nitrogens with zero attached hydrogens (tertiary/aromatic N) is 4. The van der Waals surface area contributed by atoms with Gasteiger partial charge in [0.2, 0.25) is 5.91 Å². The van der Waals surface area contributed by atoms with Crippen LogP contribution < -0.4 is 16.2 Å². The van der Waals surface area contributed by atoms with E-state index in [2.05, 4.69) is 15.4 Å². The molecule has 0 fully saturated rings. The molecule has 106 valence electrons. The third-order valence-electron chi connectivity index (χ3n) is 2.66. The lowest BCUT2D eigenvalue weighted by molar-refractivity contribution is -0.127. The fourth-order valence-electron chi connectivity index (χ4n) is 1.41. The molecular weight excluding hydrogens is 244 g/mol. The number of nitrogen functional groups attached to an aromatic ring is 1. The Labute approximate surface area is 113 Å². The van der Waals surface area contributed by atoms with Crippen LogP contribution in [0.1, 0.15) is 25.6 Å². The Bertz CT molecular complexity index is 446. The molecule has 1 heterocycles. The molecule has 0 aliphatic heterocycles. The molecule has 3 N–H and O–H groups in total. The number of carbonyl (C=O) groups is 1. The summed E-state index contributed by atoms with van der Waals surface area (Å²) in [4.78, 5) is 23.7. The van der Waals surface area contributed by atoms with Crippen molar-refractivity contribution < 1.29 is 4.79 Å². The Hall–Kier alpha value is -1.89. The number of amides is 1. The maximum absolute atomic E-state index is 11.7. The molecular formula is C12H22N6O. The molecule has 1 aromatic heterocycles. The standard InChI is InChI=1S/C12H22N6O/c1-8(2)12-14-9(16-13)6-10(15-12)18(5)7-11(19)17(3)4/h6,8H,7,13H2,1-5H3,(H,14,15,16). The number of likely N-dealkylation sites (N-methyl/N-ethyl adjacent to an activating group) is 2. The van der Waals surface area contributed by atoms with E-state index in [9.17, 15) is 4.79 Å². The quantitative estimate of drug-likeness (QED) is 0.593. The van der Waals surface area contributed by atoms with Crippen LogP contribution in [0.25, 0.3) is 0 Å². The van der Waals surface area contributed by atoms with Gasteiger partial charge in [-0.3, -0.25) is 4.79 Å². The number of nitrogens with two attached hydrogens (primary N) is 1. The van der Waals surface area contributed by atoms with Crippen molar-refractivity contribution in [2.45, 2.75) is 19.8 Å². The van der Waals surface area contributed by atoms with E-state index in [4.69, 9.17) is 5.84 Å². The predicted molar refractivity (Wildman–Crippen MR) is 75.9 cm³/mol. The normalized spacial score (nSPS) is 10.5. The molecule has 0 saturated heterocycles. The van der Waals surface area contributed by atoms with Crippen molar-refractivity contribution in [2.75, 3.05) is 38.0 Å². The molecule has 7 heteroatoms. The number of hydrogen-bond donors (Lipinski definition) is 2. The summed E-state index contributed by atoms with van der Waals surface area (Å²) in [5, 5.41) is 0. The van der Waals surface area contributed by atoms with Gasteiger partial charge < -0.3 is 15.2 Å². The maximum Gasteiger partial charge on any atom is 0.241 e. The first-order valence-corrected chi connectivity index (χ1v) is 6.12. The molecule has 0 aromatic carbocycles. The van der Waals surface area contributed by atoms with E-state index in [1.807, 2.05) is 20.9 Å². The van der Waals surface area contributed by atoms with Gasteiger partial charge in [-0.05, 0) is 0 Å². The van der Waals surface area contributed by atoms with Gasteiger partial charge in [-0.25, -0.2) is 15.8 Å². The van der Waals surface area contributed by atoms with Gasteiger partial charge in [0.15, 0.2) is 0 Å². The van der Waals surface area contributed by atoms with E-state index in [0.717, 1.165) is 0 Å². The number of hydrazine groups is 1. The monoisotopic (exact) mass is 266 g/mol. The van der Waals surface area contributed by atoms with E-state index < -0.39 is 0 Å². The van der Waals surface area contributed by atoms with Crippen LogP contribution >= 0.6 is 0 Å². The van der Waals surface area contributed by atoms with Crippen LogP contribution in [0.5, 0.6) is 0 Å². The molecule has 0 atom stereocenters. The number of anilines is 2. The molecule has 19 heavy (non-hydrogen) atoms. The molecule has 1 aromatic rings. The zero-order chi connectivity index (χ0) is 14.6. The second-order valence-corrected chi connectivity index (χ2v) is 4.91. The van der Waals surface area contributed by atoms with Crippen LogP contribution in [0.3, 0.4) is 0 Å². The minimum absolute atomic E-state index is 0.00877. The van der Waals surface area contributed by atoms with Crippen molar-refractivity contribution in [2.24, 2.45) is 5.84 Å². The lowest BCUT2D eigenvalue weighted by Gasteiger charge is -2.21. The largest absolute Gasteiger partial charge is 0.350 e. The van der Waals surface area contributed by atoms with Gasteiger partial charge in [-0.1, -0.05) is 13.8 Å². The van der Waals surface area contributed by atoms with Gasteiger partial charge in [0.05, 0.1) is 6.54 Å². The number of nitrogens with one attached hydrogen (secondary N) is 1. The average molecular weight is 266 g/mol. The summed E-state index contributed by atoms with van der Waals surface area (Å²) in [5.74, 6) is 7.49. The van der Waals surface area contributed by atoms with Crippen molar-refractivity contribution in [1.82, 2.24) is 14.9 Å². The Kier molecular flexibility index (Phi) is 5.05. The predicted octanol–water partition coefficient (Wildman–Crippen LogP) is 0.410. The van der Waals surface area contributed by atoms with Crippen LogP contribution in [0.15, 0.2) is 6.07 Å². The Balaban J connectivity index is 2.98. The van der Waals surface area contributed by atoms with Crippen molar-refractivity contribution >= 4 is 17.5 Å². The van der Waals surface area contributed by atoms with Crippen molar-refractivity contribution in [3.8, 4) is 0 Å². The van der Waals surface area contributed by atoms with E-state index in [1.165, 1.54) is 0 Å². The number of rotatable bonds is 5. The summed E-state index contributed by atoms with van der Waals surface area (Å²) in [6.45, 7) is 4.26. The summed E-state index contributed by atoms with van der Waals surface area (Å²) in [5.41, 5.74) is 2.52. The summed E-state index contributed by atoms with van der Waals surface area (Å²) in [7, 11) is 5.26. The van der Waals surface area contributed by atoms with Crippen LogP contribution in [0.2, 0.25) is 0 Å². The van der Waals surface area contributed by atoms with Crippen LogP contribution in [-0.4, -0.2) is 48.5 Å². The van der Waals surface area contributed by atoms with Crippen LogP contribution in [0, 0.1) is 0 Å². The van der Waals surface area contributed by atoms with Gasteiger partial charge in [-0.2, -0.15) is 0 Å². The zero-order valence-corrected chi connectivity index (χ0v) is 12.1. The van der Waals surface area contributed by atoms with Crippen LogP contribution in [0.4, 0.5) is 11.6 Å². The minimum Gasteiger partial charge on any atom is -0.350 e. The smallest absolute Gasteiger partial charge is 0.241 e. The fraction of sp³-hybridized carbons (Fsp3) is 0.583. The topological polar surface area (TPSA) is 87.4 Å². The van der Waals surface area contributed by atoms with E-state index >= 15 is 0 Å². The highest BCUT2D eigenvalue weighted by Gasteiger charge is 2.14. The van der Waals surface area contributed by atoms with Gasteiger partial charge in [0.1, 0.15) is 17.5 Å². The van der Waals surface area contributed by atoms with Gasteiger partial charge in [-0.15, -0.1) is 0 Å². The molecule has 0 aliphatic rings. The molecule has 1 amide bonds. The van der Waals surface area contributed by atoms with Gasteiger partial charge >= 0.3 is 0 Å². The lowest BCUT2D eigenvalue weighted by atomic mass is 10.2. The number of hydrogen-bond acceptors (Lipinski definition) is 6. The van der Waals surface area contributed by atoms with Crippen molar-refractivity contribution in [3.05, 3.63) is 11.9 Å². The van der Waals surface area contributed by atoms with E-state index in [0.29, 0.717) is 17.5 Å². The van der Waals surface area contributed by atoms with Gasteiger partial charge in [0.25, 0.3) is 0 Å². The Morgan fingerprint density at radius 2 is 2.00 bits per heavy atom. The highest BCUT2D eigenvalue weighted by molar-refractivity contribution is 5.80. The molecule has 7 nitrogen and oxygen atoms in total. The Morgan fingerprint density at radius 3 is 2.47 bits per heavy atom. The average Bonchev–Trinajstić information content (AvgIpc) is 2.37. The first kappa shape index (κ1) is 15.2. The molecule has 0 bridgehead atoms. The number of carbonyl (C=O) groups excluding carboxylic acids is 1. The molecule has 0 saturated carbocycles. The SMILES string of the molecule is CC(C)c1nc(NN)cc(N(C)CC(=O)N(C)C)n1. The van der Waals surface area contributed by atoms with Crippen molar-refractivity contribution in [1.29, 1.82) is 0 Å². The third kappa shape index (κ3) is 4.06. The van der Waals surface area contributed by atoms with E-state index in [1.54, 1.807) is 30.0 Å². The highest BCUT2D eigenvalue weighted by atomic mass is 16.2. The molecule has 0 unspecified atom stereocenters. The Morgan fingerprint density at radius 1 is 1.37 bits per heavy atom. The summed E-state index contributed by atoms with van der Waals surface area (Å²) >= 11 is 0. The summed E-state index contributed by atoms with van der Waals surface area (Å²) < 4.78 is 0.